The molecule has 0 aromatic carbocycles. The number of pyridine rings is 1. The first-order valence-electron chi connectivity index (χ1n) is 7.31. The van der Waals surface area contributed by atoms with Gasteiger partial charge in [0.05, 0.1) is 25.8 Å². The number of aromatic amines is 1. The molecule has 0 unspecified atom stereocenters. The Bertz CT molecular complexity index is 716. The number of aromatic nitrogens is 3. The van der Waals surface area contributed by atoms with E-state index < -0.39 is 18.3 Å². The number of fused-ring (bicyclic) bond motifs is 1. The topological polar surface area (TPSA) is 60.0 Å². The van der Waals surface area contributed by atoms with Gasteiger partial charge in [-0.2, -0.15) is 0 Å². The fraction of sp³-hybridized carbons (Fsp3) is 0.500. The molecule has 1 fully saturated rings. The molecule has 0 aliphatic carbocycles. The molecule has 5 nitrogen and oxygen atoms in total. The molecule has 2 aromatic rings. The number of nitrogens with zero attached hydrogens (tertiary/aromatic N) is 2. The van der Waals surface area contributed by atoms with Crippen molar-refractivity contribution in [1.82, 2.24) is 15.0 Å². The second-order valence-corrected chi connectivity index (χ2v) is 5.40. The third-order valence-corrected chi connectivity index (χ3v) is 3.60. The van der Waals surface area contributed by atoms with Crippen molar-refractivity contribution in [3.8, 4) is 0 Å². The number of hydrogen-bond donors (Lipinski definition) is 1. The summed E-state index contributed by atoms with van der Waals surface area (Å²) >= 11 is 0. The largest absolute Gasteiger partial charge is 0.496 e. The van der Waals surface area contributed by atoms with Gasteiger partial charge >= 0.3 is 7.12 Å². The van der Waals surface area contributed by atoms with Gasteiger partial charge in [0, 0.05) is 11.6 Å². The van der Waals surface area contributed by atoms with Gasteiger partial charge in [-0.1, -0.05) is 0 Å². The summed E-state index contributed by atoms with van der Waals surface area (Å²) in [5.74, 6) is 0. The monoisotopic (exact) mass is 248 g/mol. The van der Waals surface area contributed by atoms with Crippen LogP contribution >= 0.6 is 0 Å². The lowest BCUT2D eigenvalue weighted by Crippen LogP contribution is -2.41. The summed E-state index contributed by atoms with van der Waals surface area (Å²) in [6.45, 7) is 7.63. The second-order valence-electron chi connectivity index (χ2n) is 5.40. The van der Waals surface area contributed by atoms with E-state index in [2.05, 4.69) is 15.0 Å². The van der Waals surface area contributed by atoms with E-state index in [9.17, 15) is 0 Å². The zero-order chi connectivity index (χ0) is 15.6. The van der Waals surface area contributed by atoms with Gasteiger partial charge in [-0.15, -0.1) is 0 Å². The van der Waals surface area contributed by atoms with Crippen LogP contribution < -0.4 is 5.46 Å². The lowest BCUT2D eigenvalue weighted by molar-refractivity contribution is 0.00578. The van der Waals surface area contributed by atoms with Crippen LogP contribution in [0, 0.1) is 0 Å². The third-order valence-electron chi connectivity index (χ3n) is 3.60. The number of nitrogens with one attached hydrogen (secondary N) is 1. The first-order valence-corrected chi connectivity index (χ1v) is 5.81. The molecule has 1 N–H and O–H groups in total. The van der Waals surface area contributed by atoms with E-state index >= 15 is 0 Å². The van der Waals surface area contributed by atoms with Crippen LogP contribution in [0.2, 0.25) is 0 Å². The van der Waals surface area contributed by atoms with Crippen LogP contribution in [0.25, 0.3) is 11.2 Å². The maximum absolute atomic E-state index is 8.24. The third kappa shape index (κ3) is 1.64. The molecular formula is C12H16BN3O2. The summed E-state index contributed by atoms with van der Waals surface area (Å²) < 4.78 is 35.5. The Labute approximate surface area is 110 Å². The Kier molecular flexibility index (Phi) is 1.71. The molecule has 0 radical (unpaired) electrons. The highest BCUT2D eigenvalue weighted by atomic mass is 16.7. The van der Waals surface area contributed by atoms with E-state index in [1.807, 2.05) is 27.7 Å². The van der Waals surface area contributed by atoms with Crippen LogP contribution in [0.15, 0.2) is 18.5 Å². The quantitative estimate of drug-likeness (QED) is 0.772. The Balaban J connectivity index is 2.14. The average molecular weight is 248 g/mol. The van der Waals surface area contributed by atoms with Crippen molar-refractivity contribution in [2.75, 3.05) is 0 Å². The smallest absolute Gasteiger partial charge is 0.399 e. The van der Waals surface area contributed by atoms with Gasteiger partial charge in [0.1, 0.15) is 1.37 Å². The standard InChI is InChI=1S/C12H16BN3O2/c1-11(2)12(3,4)18-13(17-11)8-5-9-10(14-6-8)16-7-15-9/h5-7H,1-4H3,(H,14,15,16)/i5D,6D,7D. The molecule has 0 amide bonds. The van der Waals surface area contributed by atoms with Crippen molar-refractivity contribution >= 4 is 23.7 Å². The fourth-order valence-corrected chi connectivity index (χ4v) is 1.76. The zero-order valence-corrected chi connectivity index (χ0v) is 10.8. The SMILES string of the molecule is [2H]c1nc2nc([2H])c(B3OC(C)(C)C(C)(C)O3)c([2H])c2[nH]1. The van der Waals surface area contributed by atoms with Crippen molar-refractivity contribution in [3.63, 3.8) is 0 Å². The molecule has 18 heavy (non-hydrogen) atoms. The minimum Gasteiger partial charge on any atom is -0.399 e. The van der Waals surface area contributed by atoms with E-state index in [1.165, 1.54) is 0 Å². The van der Waals surface area contributed by atoms with Gasteiger partial charge < -0.3 is 14.3 Å². The van der Waals surface area contributed by atoms with Crippen molar-refractivity contribution in [2.45, 2.75) is 38.9 Å². The van der Waals surface area contributed by atoms with E-state index in [0.29, 0.717) is 5.52 Å². The van der Waals surface area contributed by atoms with E-state index in [0.717, 1.165) is 0 Å². The summed E-state index contributed by atoms with van der Waals surface area (Å²) in [5.41, 5.74) is -0.346. The zero-order valence-electron chi connectivity index (χ0n) is 13.8. The van der Waals surface area contributed by atoms with E-state index in [-0.39, 0.29) is 29.6 Å². The van der Waals surface area contributed by atoms with Crippen LogP contribution in [-0.2, 0) is 9.31 Å². The number of hydrogen-bond acceptors (Lipinski definition) is 4. The summed E-state index contributed by atoms with van der Waals surface area (Å²) in [5, 5.41) is 0. The van der Waals surface area contributed by atoms with Gasteiger partial charge in [-0.25, -0.2) is 9.97 Å². The highest BCUT2D eigenvalue weighted by Crippen LogP contribution is 2.36. The molecule has 6 heteroatoms. The summed E-state index contributed by atoms with van der Waals surface area (Å²) in [4.78, 5) is 10.5. The average Bonchev–Trinajstić information content (AvgIpc) is 2.77. The molecule has 1 aliphatic heterocycles. The molecule has 1 saturated heterocycles. The van der Waals surface area contributed by atoms with Crippen molar-refractivity contribution in [3.05, 3.63) is 18.5 Å². The minimum atomic E-state index is -0.829. The number of H-pyrrole nitrogens is 1. The predicted molar refractivity (Wildman–Crippen MR) is 69.6 cm³/mol. The Hall–Kier alpha value is -1.40. The van der Waals surface area contributed by atoms with Gasteiger partial charge in [0.25, 0.3) is 0 Å². The molecule has 0 atom stereocenters. The maximum Gasteiger partial charge on any atom is 0.496 e. The van der Waals surface area contributed by atoms with Gasteiger partial charge in [-0.05, 0) is 33.7 Å². The van der Waals surface area contributed by atoms with Crippen LogP contribution in [-0.4, -0.2) is 33.3 Å². The predicted octanol–water partition coefficient (Wildman–Crippen LogP) is 1.26. The number of rotatable bonds is 1. The van der Waals surface area contributed by atoms with Crippen LogP contribution in [0.4, 0.5) is 0 Å². The molecule has 3 heterocycles. The molecule has 0 saturated carbocycles. The first-order chi connectivity index (χ1) is 9.62. The summed E-state index contributed by atoms with van der Waals surface area (Å²) in [7, 11) is -0.829. The molecule has 94 valence electrons. The van der Waals surface area contributed by atoms with Gasteiger partial charge in [0.2, 0.25) is 0 Å². The molecule has 1 aliphatic rings. The maximum atomic E-state index is 8.24. The van der Waals surface area contributed by atoms with Crippen molar-refractivity contribution < 1.29 is 13.4 Å². The van der Waals surface area contributed by atoms with E-state index in [4.69, 9.17) is 13.4 Å². The highest BCUT2D eigenvalue weighted by molar-refractivity contribution is 6.62. The summed E-state index contributed by atoms with van der Waals surface area (Å²) in [6.07, 6.45) is -0.200. The Morgan fingerprint density at radius 2 is 1.89 bits per heavy atom. The molecule has 0 bridgehead atoms. The molecule has 3 rings (SSSR count). The lowest BCUT2D eigenvalue weighted by atomic mass is 9.80. The first kappa shape index (κ1) is 8.66. The molecule has 2 aromatic heterocycles. The van der Waals surface area contributed by atoms with Crippen molar-refractivity contribution in [2.24, 2.45) is 0 Å². The van der Waals surface area contributed by atoms with E-state index in [1.54, 1.807) is 0 Å². The lowest BCUT2D eigenvalue weighted by Gasteiger charge is -2.32. The number of imidazole rings is 1. The normalized spacial score (nSPS) is 24.0. The second kappa shape index (κ2) is 3.55. The minimum absolute atomic E-state index is 0.0366. The molecular weight excluding hydrogens is 229 g/mol. The van der Waals surface area contributed by atoms with Crippen LogP contribution in [0.3, 0.4) is 0 Å². The van der Waals surface area contributed by atoms with Gasteiger partial charge in [0.15, 0.2) is 5.65 Å². The summed E-state index contributed by atoms with van der Waals surface area (Å²) in [6, 6.07) is 0.0366. The van der Waals surface area contributed by atoms with Gasteiger partial charge in [-0.3, -0.25) is 0 Å². The van der Waals surface area contributed by atoms with Crippen molar-refractivity contribution in [1.29, 1.82) is 0 Å². The highest BCUT2D eigenvalue weighted by Gasteiger charge is 2.51. The Morgan fingerprint density at radius 1 is 1.22 bits per heavy atom. The Morgan fingerprint density at radius 3 is 2.56 bits per heavy atom. The molecule has 0 spiro atoms. The fourth-order valence-electron chi connectivity index (χ4n) is 1.76. The van der Waals surface area contributed by atoms with Crippen LogP contribution in [0.1, 0.15) is 31.8 Å². The van der Waals surface area contributed by atoms with Crippen LogP contribution in [0.5, 0.6) is 0 Å².